The highest BCUT2D eigenvalue weighted by atomic mass is 19.1. The number of ether oxygens (including phenoxy) is 1. The normalized spacial score (nSPS) is 17.9. The predicted octanol–water partition coefficient (Wildman–Crippen LogP) is 1.16. The molecule has 1 N–H and O–H groups in total. The van der Waals surface area contributed by atoms with Crippen LogP contribution in [0.1, 0.15) is 5.56 Å². The summed E-state index contributed by atoms with van der Waals surface area (Å²) in [6.07, 6.45) is 0. The van der Waals surface area contributed by atoms with E-state index >= 15 is 0 Å². The summed E-state index contributed by atoms with van der Waals surface area (Å²) in [5, 5.41) is 2.07. The molecular weight excluding hydrogens is 195 g/mol. The largest absolute Gasteiger partial charge is 0.379 e. The molecule has 0 unspecified atom stereocenters. The molecular formula is C11H15FN2O. The Labute approximate surface area is 88.8 Å². The fourth-order valence-corrected chi connectivity index (χ4v) is 1.56. The first-order valence-corrected chi connectivity index (χ1v) is 5.16. The Morgan fingerprint density at radius 3 is 2.73 bits per heavy atom. The minimum Gasteiger partial charge on any atom is -0.379 e. The Kier molecular flexibility index (Phi) is 3.66. The third-order valence-corrected chi connectivity index (χ3v) is 2.46. The highest BCUT2D eigenvalue weighted by Crippen LogP contribution is 2.06. The van der Waals surface area contributed by atoms with E-state index in [-0.39, 0.29) is 5.82 Å². The monoisotopic (exact) mass is 210 g/mol. The van der Waals surface area contributed by atoms with Crippen molar-refractivity contribution in [3.63, 3.8) is 0 Å². The fraction of sp³-hybridized carbons (Fsp3) is 0.455. The molecule has 0 aliphatic carbocycles. The average Bonchev–Trinajstić information content (AvgIpc) is 2.29. The summed E-state index contributed by atoms with van der Waals surface area (Å²) in [5.41, 5.74) is 3.89. The lowest BCUT2D eigenvalue weighted by molar-refractivity contribution is 0.0104. The van der Waals surface area contributed by atoms with E-state index in [1.807, 2.05) is 6.07 Å². The lowest BCUT2D eigenvalue weighted by Gasteiger charge is -2.27. The molecule has 1 aliphatic rings. The molecule has 1 heterocycles. The van der Waals surface area contributed by atoms with Crippen LogP contribution < -0.4 is 5.43 Å². The van der Waals surface area contributed by atoms with Crippen LogP contribution in [-0.4, -0.2) is 31.3 Å². The molecule has 3 nitrogen and oxygen atoms in total. The van der Waals surface area contributed by atoms with Gasteiger partial charge in [-0.25, -0.2) is 9.40 Å². The number of rotatable bonds is 3. The zero-order valence-corrected chi connectivity index (χ0v) is 8.58. The van der Waals surface area contributed by atoms with E-state index in [1.54, 1.807) is 12.1 Å². The van der Waals surface area contributed by atoms with Crippen molar-refractivity contribution in [2.75, 3.05) is 26.3 Å². The lowest BCUT2D eigenvalue weighted by Crippen LogP contribution is -2.45. The number of hydrazine groups is 1. The van der Waals surface area contributed by atoms with E-state index in [4.69, 9.17) is 4.74 Å². The number of nitrogens with one attached hydrogen (secondary N) is 1. The van der Waals surface area contributed by atoms with Crippen LogP contribution in [0.4, 0.5) is 4.39 Å². The van der Waals surface area contributed by atoms with Crippen molar-refractivity contribution in [1.29, 1.82) is 0 Å². The topological polar surface area (TPSA) is 24.5 Å². The standard InChI is InChI=1S/C11H15FN2O/c12-11-4-2-1-3-10(11)9-13-14-5-7-15-8-6-14/h1-4,13H,5-9H2. The molecule has 15 heavy (non-hydrogen) atoms. The second-order valence-electron chi connectivity index (χ2n) is 3.53. The molecule has 82 valence electrons. The first-order chi connectivity index (χ1) is 7.36. The molecule has 1 aromatic carbocycles. The molecule has 1 aliphatic heterocycles. The van der Waals surface area contributed by atoms with Crippen molar-refractivity contribution in [3.05, 3.63) is 35.6 Å². The van der Waals surface area contributed by atoms with Crippen LogP contribution in [0.15, 0.2) is 24.3 Å². The second-order valence-corrected chi connectivity index (χ2v) is 3.53. The molecule has 0 spiro atoms. The van der Waals surface area contributed by atoms with E-state index in [2.05, 4.69) is 10.4 Å². The van der Waals surface area contributed by atoms with Crippen molar-refractivity contribution in [3.8, 4) is 0 Å². The van der Waals surface area contributed by atoms with Crippen molar-refractivity contribution < 1.29 is 9.13 Å². The van der Waals surface area contributed by atoms with Crippen LogP contribution in [-0.2, 0) is 11.3 Å². The number of hydrogen-bond donors (Lipinski definition) is 1. The molecule has 0 radical (unpaired) electrons. The highest BCUT2D eigenvalue weighted by Gasteiger charge is 2.09. The number of morpholine rings is 1. The molecule has 4 heteroatoms. The van der Waals surface area contributed by atoms with Gasteiger partial charge in [-0.2, -0.15) is 0 Å². The van der Waals surface area contributed by atoms with Gasteiger partial charge in [0.1, 0.15) is 5.82 Å². The van der Waals surface area contributed by atoms with Gasteiger partial charge < -0.3 is 4.74 Å². The molecule has 0 atom stereocenters. The Morgan fingerprint density at radius 2 is 2.00 bits per heavy atom. The summed E-state index contributed by atoms with van der Waals surface area (Å²) < 4.78 is 18.5. The van der Waals surface area contributed by atoms with Crippen LogP contribution >= 0.6 is 0 Å². The Hall–Kier alpha value is -0.970. The molecule has 1 fully saturated rings. The summed E-state index contributed by atoms with van der Waals surface area (Å²) in [4.78, 5) is 0. The molecule has 2 rings (SSSR count). The van der Waals surface area contributed by atoms with Crippen LogP contribution in [0.3, 0.4) is 0 Å². The second kappa shape index (κ2) is 5.21. The SMILES string of the molecule is Fc1ccccc1CNN1CCOCC1. The van der Waals surface area contributed by atoms with Crippen LogP contribution in [0, 0.1) is 5.82 Å². The quantitative estimate of drug-likeness (QED) is 0.810. The number of nitrogens with zero attached hydrogens (tertiary/aromatic N) is 1. The lowest BCUT2D eigenvalue weighted by atomic mass is 10.2. The van der Waals surface area contributed by atoms with Gasteiger partial charge in [0, 0.05) is 25.2 Å². The maximum atomic E-state index is 13.3. The molecule has 1 saturated heterocycles. The van der Waals surface area contributed by atoms with Crippen LogP contribution in [0.5, 0.6) is 0 Å². The van der Waals surface area contributed by atoms with Gasteiger partial charge in [-0.3, -0.25) is 5.43 Å². The molecule has 0 saturated carbocycles. The van der Waals surface area contributed by atoms with Crippen molar-refractivity contribution >= 4 is 0 Å². The van der Waals surface area contributed by atoms with Gasteiger partial charge in [0.2, 0.25) is 0 Å². The maximum Gasteiger partial charge on any atom is 0.127 e. The van der Waals surface area contributed by atoms with Gasteiger partial charge in [-0.15, -0.1) is 0 Å². The smallest absolute Gasteiger partial charge is 0.127 e. The van der Waals surface area contributed by atoms with Crippen LogP contribution in [0.2, 0.25) is 0 Å². The van der Waals surface area contributed by atoms with E-state index in [0.717, 1.165) is 26.3 Å². The number of halogens is 1. The zero-order valence-electron chi connectivity index (χ0n) is 8.58. The molecule has 1 aromatic rings. The van der Waals surface area contributed by atoms with Crippen molar-refractivity contribution in [2.45, 2.75) is 6.54 Å². The van der Waals surface area contributed by atoms with Gasteiger partial charge in [-0.05, 0) is 6.07 Å². The van der Waals surface area contributed by atoms with Gasteiger partial charge in [0.05, 0.1) is 13.2 Å². The Balaban J connectivity index is 1.84. The number of benzene rings is 1. The average molecular weight is 210 g/mol. The maximum absolute atomic E-state index is 13.3. The van der Waals surface area contributed by atoms with Crippen LogP contribution in [0.25, 0.3) is 0 Å². The van der Waals surface area contributed by atoms with Crippen molar-refractivity contribution in [2.24, 2.45) is 0 Å². The molecule has 0 amide bonds. The van der Waals surface area contributed by atoms with E-state index in [0.29, 0.717) is 12.1 Å². The van der Waals surface area contributed by atoms with Gasteiger partial charge in [-0.1, -0.05) is 18.2 Å². The minimum absolute atomic E-state index is 0.154. The summed E-state index contributed by atoms with van der Waals surface area (Å²) in [6.45, 7) is 3.73. The predicted molar refractivity (Wildman–Crippen MR) is 55.6 cm³/mol. The third kappa shape index (κ3) is 2.99. The number of hydrogen-bond acceptors (Lipinski definition) is 3. The Morgan fingerprint density at radius 1 is 1.27 bits per heavy atom. The summed E-state index contributed by atoms with van der Waals surface area (Å²) in [6, 6.07) is 6.83. The zero-order chi connectivity index (χ0) is 10.5. The van der Waals surface area contributed by atoms with Gasteiger partial charge >= 0.3 is 0 Å². The van der Waals surface area contributed by atoms with E-state index < -0.39 is 0 Å². The first kappa shape index (κ1) is 10.5. The highest BCUT2D eigenvalue weighted by molar-refractivity contribution is 5.16. The van der Waals surface area contributed by atoms with Crippen molar-refractivity contribution in [1.82, 2.24) is 10.4 Å². The van der Waals surface area contributed by atoms with E-state index in [9.17, 15) is 4.39 Å². The van der Waals surface area contributed by atoms with E-state index in [1.165, 1.54) is 6.07 Å². The van der Waals surface area contributed by atoms with Gasteiger partial charge in [0.25, 0.3) is 0 Å². The Bertz CT molecular complexity index is 313. The van der Waals surface area contributed by atoms with Gasteiger partial charge in [0.15, 0.2) is 0 Å². The minimum atomic E-state index is -0.154. The fourth-order valence-electron chi connectivity index (χ4n) is 1.56. The molecule has 0 aromatic heterocycles. The third-order valence-electron chi connectivity index (χ3n) is 2.46. The summed E-state index contributed by atoms with van der Waals surface area (Å²) in [5.74, 6) is -0.154. The summed E-state index contributed by atoms with van der Waals surface area (Å²) >= 11 is 0. The summed E-state index contributed by atoms with van der Waals surface area (Å²) in [7, 11) is 0. The molecule has 0 bridgehead atoms. The first-order valence-electron chi connectivity index (χ1n) is 5.16.